The molecule has 5 heteroatoms. The summed E-state index contributed by atoms with van der Waals surface area (Å²) < 4.78 is 6.74. The van der Waals surface area contributed by atoms with Crippen molar-refractivity contribution in [3.8, 4) is 23.6 Å². The molecule has 2 heterocycles. The molecule has 0 amide bonds. The van der Waals surface area contributed by atoms with Gasteiger partial charge in [0.25, 0.3) is 0 Å². The first kappa shape index (κ1) is 9.88. The molecule has 1 N–H and O–H groups in total. The van der Waals surface area contributed by atoms with Gasteiger partial charge >= 0.3 is 0 Å². The van der Waals surface area contributed by atoms with E-state index in [9.17, 15) is 0 Å². The first-order valence-corrected chi connectivity index (χ1v) is 4.53. The van der Waals surface area contributed by atoms with Crippen molar-refractivity contribution in [1.29, 1.82) is 10.5 Å². The lowest BCUT2D eigenvalue weighted by Crippen LogP contribution is -1.89. The van der Waals surface area contributed by atoms with Gasteiger partial charge in [0.05, 0.1) is 24.6 Å². The molecular weight excluding hydrogens is 204 g/mol. The third-order valence-electron chi connectivity index (χ3n) is 2.25. The van der Waals surface area contributed by atoms with Gasteiger partial charge in [-0.05, 0) is 0 Å². The predicted octanol–water partition coefficient (Wildman–Crippen LogP) is 1.56. The van der Waals surface area contributed by atoms with Crippen LogP contribution in [0.2, 0.25) is 0 Å². The van der Waals surface area contributed by atoms with Gasteiger partial charge in [-0.15, -0.1) is 0 Å². The zero-order valence-electron chi connectivity index (χ0n) is 8.56. The first-order chi connectivity index (χ1) is 7.80. The molecule has 2 aromatic heterocycles. The van der Waals surface area contributed by atoms with Crippen molar-refractivity contribution in [3.05, 3.63) is 35.9 Å². The monoisotopic (exact) mass is 212 g/mol. The fourth-order valence-corrected chi connectivity index (χ4v) is 1.48. The first-order valence-electron chi connectivity index (χ1n) is 4.53. The van der Waals surface area contributed by atoms with Gasteiger partial charge in [-0.1, -0.05) is 0 Å². The summed E-state index contributed by atoms with van der Waals surface area (Å²) in [6.07, 6.45) is 6.60. The van der Waals surface area contributed by atoms with Gasteiger partial charge in [0.1, 0.15) is 17.7 Å². The molecule has 0 aromatic carbocycles. The predicted molar refractivity (Wildman–Crippen MR) is 56.1 cm³/mol. The Labute approximate surface area is 92.1 Å². The summed E-state index contributed by atoms with van der Waals surface area (Å²) in [5, 5.41) is 17.8. The Morgan fingerprint density at radius 3 is 2.50 bits per heavy atom. The van der Waals surface area contributed by atoms with Gasteiger partial charge in [-0.25, -0.2) is 0 Å². The van der Waals surface area contributed by atoms with Crippen LogP contribution in [-0.4, -0.2) is 16.7 Å². The SMILES string of the molecule is COc1cn(-c2c[nH]cc2C#N)cc1C#N. The van der Waals surface area contributed by atoms with Crippen molar-refractivity contribution in [2.45, 2.75) is 0 Å². The molecule has 0 unspecified atom stereocenters. The van der Waals surface area contributed by atoms with Crippen LogP contribution in [-0.2, 0) is 0 Å². The van der Waals surface area contributed by atoms with Gasteiger partial charge in [-0.2, -0.15) is 10.5 Å². The average Bonchev–Trinajstić information content (AvgIpc) is 2.93. The number of H-pyrrole nitrogens is 1. The van der Waals surface area contributed by atoms with Gasteiger partial charge in [-0.3, -0.25) is 0 Å². The topological polar surface area (TPSA) is 77.5 Å². The van der Waals surface area contributed by atoms with Crippen molar-refractivity contribution in [3.63, 3.8) is 0 Å². The molecule has 0 aliphatic rings. The summed E-state index contributed by atoms with van der Waals surface area (Å²) in [5.74, 6) is 0.493. The highest BCUT2D eigenvalue weighted by Crippen LogP contribution is 2.23. The maximum absolute atomic E-state index is 8.88. The maximum atomic E-state index is 8.88. The highest BCUT2D eigenvalue weighted by atomic mass is 16.5. The number of nitrogens with one attached hydrogen (secondary N) is 1. The minimum atomic E-state index is 0.438. The second-order valence-electron chi connectivity index (χ2n) is 3.13. The Morgan fingerprint density at radius 1 is 1.19 bits per heavy atom. The Hall–Kier alpha value is -2.66. The molecule has 0 saturated heterocycles. The largest absolute Gasteiger partial charge is 0.494 e. The molecule has 0 atom stereocenters. The van der Waals surface area contributed by atoms with Crippen molar-refractivity contribution in [2.75, 3.05) is 7.11 Å². The Morgan fingerprint density at radius 2 is 1.94 bits per heavy atom. The summed E-state index contributed by atoms with van der Waals surface area (Å²) in [4.78, 5) is 2.85. The molecule has 2 rings (SSSR count). The highest BCUT2D eigenvalue weighted by molar-refractivity contribution is 5.51. The third-order valence-corrected chi connectivity index (χ3v) is 2.25. The normalized spacial score (nSPS) is 9.44. The summed E-state index contributed by atoms with van der Waals surface area (Å²) in [6.45, 7) is 0. The number of hydrogen-bond acceptors (Lipinski definition) is 3. The lowest BCUT2D eigenvalue weighted by atomic mass is 10.3. The number of methoxy groups -OCH3 is 1. The van der Waals surface area contributed by atoms with Crippen molar-refractivity contribution in [1.82, 2.24) is 9.55 Å². The molecule has 0 fully saturated rings. The van der Waals surface area contributed by atoms with Crippen LogP contribution in [0.3, 0.4) is 0 Å². The minimum Gasteiger partial charge on any atom is -0.494 e. The quantitative estimate of drug-likeness (QED) is 0.820. The lowest BCUT2D eigenvalue weighted by Gasteiger charge is -1.97. The zero-order valence-corrected chi connectivity index (χ0v) is 8.56. The van der Waals surface area contributed by atoms with Gasteiger partial charge in [0, 0.05) is 18.6 Å². The number of nitriles is 2. The van der Waals surface area contributed by atoms with Crippen LogP contribution < -0.4 is 4.74 Å². The van der Waals surface area contributed by atoms with Crippen LogP contribution in [0.1, 0.15) is 11.1 Å². The molecule has 2 aromatic rings. The summed E-state index contributed by atoms with van der Waals surface area (Å²) in [7, 11) is 1.50. The average molecular weight is 212 g/mol. The van der Waals surface area contributed by atoms with Gasteiger partial charge in [0.2, 0.25) is 0 Å². The van der Waals surface area contributed by atoms with E-state index < -0.39 is 0 Å². The zero-order chi connectivity index (χ0) is 11.5. The van der Waals surface area contributed by atoms with E-state index in [4.69, 9.17) is 15.3 Å². The summed E-state index contributed by atoms with van der Waals surface area (Å²) in [5.41, 5.74) is 1.65. The molecule has 5 nitrogen and oxygen atoms in total. The Kier molecular flexibility index (Phi) is 2.37. The number of aromatic amines is 1. The lowest BCUT2D eigenvalue weighted by molar-refractivity contribution is 0.413. The van der Waals surface area contributed by atoms with E-state index in [2.05, 4.69) is 11.1 Å². The molecular formula is C11H8N4O. The van der Waals surface area contributed by atoms with Crippen molar-refractivity contribution in [2.24, 2.45) is 0 Å². The maximum Gasteiger partial charge on any atom is 0.154 e. The second kappa shape index (κ2) is 3.84. The van der Waals surface area contributed by atoms with Crippen LogP contribution in [0.15, 0.2) is 24.8 Å². The fourth-order valence-electron chi connectivity index (χ4n) is 1.48. The summed E-state index contributed by atoms with van der Waals surface area (Å²) >= 11 is 0. The number of nitrogens with zero attached hydrogens (tertiary/aromatic N) is 3. The van der Waals surface area contributed by atoms with E-state index in [1.165, 1.54) is 7.11 Å². The molecule has 0 aliphatic heterocycles. The minimum absolute atomic E-state index is 0.438. The Balaban J connectivity index is 2.55. The van der Waals surface area contributed by atoms with Gasteiger partial charge in [0.15, 0.2) is 5.75 Å². The third kappa shape index (κ3) is 1.41. The smallest absolute Gasteiger partial charge is 0.154 e. The van der Waals surface area contributed by atoms with Crippen LogP contribution >= 0.6 is 0 Å². The van der Waals surface area contributed by atoms with Crippen LogP contribution in [0.25, 0.3) is 5.69 Å². The van der Waals surface area contributed by atoms with Gasteiger partial charge < -0.3 is 14.3 Å². The molecule has 0 bridgehead atoms. The second-order valence-corrected chi connectivity index (χ2v) is 3.13. The molecule has 0 radical (unpaired) electrons. The standard InChI is InChI=1S/C11H8N4O/c1-16-11-7-15(6-9(11)3-13)10-5-14-4-8(10)2-12/h4-7,14H,1H3. The molecule has 16 heavy (non-hydrogen) atoms. The van der Waals surface area contributed by atoms with Crippen LogP contribution in [0.4, 0.5) is 0 Å². The number of hydrogen-bond donors (Lipinski definition) is 1. The van der Waals surface area contributed by atoms with Crippen LogP contribution in [0.5, 0.6) is 5.75 Å². The molecule has 0 spiro atoms. The van der Waals surface area contributed by atoms with Crippen molar-refractivity contribution >= 4 is 0 Å². The van der Waals surface area contributed by atoms with Crippen LogP contribution in [0, 0.1) is 22.7 Å². The Bertz CT molecular complexity index is 594. The molecule has 0 saturated carbocycles. The number of ether oxygens (including phenoxy) is 1. The summed E-state index contributed by atoms with van der Waals surface area (Å²) in [6, 6.07) is 4.09. The molecule has 78 valence electrons. The van der Waals surface area contributed by atoms with E-state index >= 15 is 0 Å². The fraction of sp³-hybridized carbons (Fsp3) is 0.0909. The van der Waals surface area contributed by atoms with E-state index in [0.29, 0.717) is 22.6 Å². The highest BCUT2D eigenvalue weighted by Gasteiger charge is 2.10. The number of aromatic nitrogens is 2. The number of rotatable bonds is 2. The van der Waals surface area contributed by atoms with E-state index in [-0.39, 0.29) is 0 Å². The van der Waals surface area contributed by atoms with E-state index in [1.807, 2.05) is 6.07 Å². The molecule has 0 aliphatic carbocycles. The van der Waals surface area contributed by atoms with E-state index in [0.717, 1.165) is 0 Å². The van der Waals surface area contributed by atoms with Crippen molar-refractivity contribution < 1.29 is 4.74 Å². The van der Waals surface area contributed by atoms with E-state index in [1.54, 1.807) is 29.4 Å².